The van der Waals surface area contributed by atoms with Crippen LogP contribution in [0.5, 0.6) is 0 Å². The summed E-state index contributed by atoms with van der Waals surface area (Å²) >= 11 is 1.68. The van der Waals surface area contributed by atoms with Crippen molar-refractivity contribution in [1.29, 1.82) is 0 Å². The number of imidazole rings is 1. The van der Waals surface area contributed by atoms with E-state index in [2.05, 4.69) is 22.6 Å². The average Bonchev–Trinajstić information content (AvgIpc) is 3.23. The monoisotopic (exact) mass is 361 g/mol. The summed E-state index contributed by atoms with van der Waals surface area (Å²) in [5, 5.41) is 0. The van der Waals surface area contributed by atoms with Crippen molar-refractivity contribution >= 4 is 34.4 Å². The van der Waals surface area contributed by atoms with E-state index >= 15 is 0 Å². The summed E-state index contributed by atoms with van der Waals surface area (Å²) in [6.07, 6.45) is 8.07. The van der Waals surface area contributed by atoms with E-state index in [9.17, 15) is 4.79 Å². The number of para-hydroxylation sites is 2. The van der Waals surface area contributed by atoms with Crippen LogP contribution in [-0.4, -0.2) is 28.3 Å². The molecule has 0 aliphatic carbocycles. The second-order valence-corrected chi connectivity index (χ2v) is 7.24. The number of carbonyl (C=O) groups is 1. The maximum atomic E-state index is 12.7. The molecule has 1 fully saturated rings. The second kappa shape index (κ2) is 6.89. The summed E-state index contributed by atoms with van der Waals surface area (Å²) in [6.45, 7) is 1.09. The van der Waals surface area contributed by atoms with E-state index in [4.69, 9.17) is 11.4 Å². The van der Waals surface area contributed by atoms with Crippen molar-refractivity contribution in [2.24, 2.45) is 0 Å². The summed E-state index contributed by atoms with van der Waals surface area (Å²) < 4.78 is 2.06. The molecular formula is C21H19N3OS. The number of nitrogens with zero attached hydrogens (tertiary/aromatic N) is 3. The first-order valence-corrected chi connectivity index (χ1v) is 9.77. The van der Waals surface area contributed by atoms with Crippen molar-refractivity contribution in [3.8, 4) is 12.3 Å². The van der Waals surface area contributed by atoms with Gasteiger partial charge in [0.25, 0.3) is 0 Å². The molecule has 1 aromatic heterocycles. The van der Waals surface area contributed by atoms with Gasteiger partial charge in [0.05, 0.1) is 17.6 Å². The largest absolute Gasteiger partial charge is 0.316 e. The molecule has 1 saturated heterocycles. The van der Waals surface area contributed by atoms with Gasteiger partial charge in [-0.15, -0.1) is 18.2 Å². The van der Waals surface area contributed by atoms with Crippen molar-refractivity contribution in [2.75, 3.05) is 17.7 Å². The maximum absolute atomic E-state index is 12.7. The van der Waals surface area contributed by atoms with E-state index in [1.54, 1.807) is 11.8 Å². The number of thioether (sulfide) groups is 1. The molecule has 3 aromatic rings. The van der Waals surface area contributed by atoms with E-state index in [0.29, 0.717) is 19.5 Å². The summed E-state index contributed by atoms with van der Waals surface area (Å²) in [7, 11) is 0. The molecule has 0 saturated carbocycles. The van der Waals surface area contributed by atoms with E-state index in [0.717, 1.165) is 27.4 Å². The van der Waals surface area contributed by atoms with Crippen molar-refractivity contribution in [3.05, 3.63) is 54.4 Å². The fourth-order valence-corrected chi connectivity index (χ4v) is 4.02. The molecule has 0 N–H and O–H groups in total. The lowest BCUT2D eigenvalue weighted by Gasteiger charge is -2.17. The van der Waals surface area contributed by atoms with Gasteiger partial charge in [-0.2, -0.15) is 0 Å². The van der Waals surface area contributed by atoms with Gasteiger partial charge in [0, 0.05) is 29.5 Å². The second-order valence-electron chi connectivity index (χ2n) is 6.36. The fourth-order valence-electron chi connectivity index (χ4n) is 3.57. The first-order valence-electron chi connectivity index (χ1n) is 8.54. The smallest absolute Gasteiger partial charge is 0.227 e. The third-order valence-corrected chi connectivity index (χ3v) is 5.51. The zero-order chi connectivity index (χ0) is 18.1. The van der Waals surface area contributed by atoms with Crippen LogP contribution >= 0.6 is 11.8 Å². The van der Waals surface area contributed by atoms with Crippen LogP contribution in [0.15, 0.2) is 53.4 Å². The Morgan fingerprint density at radius 1 is 1.27 bits per heavy atom. The maximum Gasteiger partial charge on any atom is 0.227 e. The predicted molar refractivity (Wildman–Crippen MR) is 107 cm³/mol. The molecule has 1 atom stereocenters. The molecule has 4 rings (SSSR count). The highest BCUT2D eigenvalue weighted by atomic mass is 32.2. The van der Waals surface area contributed by atoms with E-state index < -0.39 is 0 Å². The van der Waals surface area contributed by atoms with E-state index in [-0.39, 0.29) is 11.8 Å². The molecule has 4 nitrogen and oxygen atoms in total. The Kier molecular flexibility index (Phi) is 4.44. The first kappa shape index (κ1) is 16.7. The molecule has 0 unspecified atom stereocenters. The predicted octanol–water partition coefficient (Wildman–Crippen LogP) is 3.91. The van der Waals surface area contributed by atoms with Gasteiger partial charge in [0.1, 0.15) is 5.82 Å². The number of amides is 1. The molecule has 5 heteroatoms. The van der Waals surface area contributed by atoms with Gasteiger partial charge in [-0.25, -0.2) is 4.98 Å². The highest BCUT2D eigenvalue weighted by Crippen LogP contribution is 2.34. The molecule has 130 valence electrons. The minimum absolute atomic E-state index is 0.0428. The number of hydrogen-bond acceptors (Lipinski definition) is 3. The van der Waals surface area contributed by atoms with Crippen LogP contribution in [0.25, 0.3) is 11.0 Å². The number of aromatic nitrogens is 2. The normalized spacial score (nSPS) is 17.0. The summed E-state index contributed by atoms with van der Waals surface area (Å²) in [4.78, 5) is 20.5. The molecule has 26 heavy (non-hydrogen) atoms. The van der Waals surface area contributed by atoms with Gasteiger partial charge in [-0.3, -0.25) is 4.79 Å². The van der Waals surface area contributed by atoms with Crippen molar-refractivity contribution in [3.63, 3.8) is 0 Å². The molecular weight excluding hydrogens is 342 g/mol. The number of fused-ring (bicyclic) bond motifs is 1. The molecule has 2 aromatic carbocycles. The van der Waals surface area contributed by atoms with Gasteiger partial charge < -0.3 is 9.47 Å². The Morgan fingerprint density at radius 3 is 2.92 bits per heavy atom. The van der Waals surface area contributed by atoms with Gasteiger partial charge in [-0.1, -0.05) is 24.1 Å². The number of benzene rings is 2. The van der Waals surface area contributed by atoms with Crippen LogP contribution < -0.4 is 4.90 Å². The zero-order valence-electron chi connectivity index (χ0n) is 14.6. The van der Waals surface area contributed by atoms with E-state index in [1.807, 2.05) is 47.6 Å². The zero-order valence-corrected chi connectivity index (χ0v) is 15.4. The average molecular weight is 361 g/mol. The summed E-state index contributed by atoms with van der Waals surface area (Å²) in [5.41, 5.74) is 2.90. The van der Waals surface area contributed by atoms with Gasteiger partial charge in [-0.05, 0) is 36.6 Å². The van der Waals surface area contributed by atoms with Gasteiger partial charge in [0.2, 0.25) is 5.91 Å². The lowest BCUT2D eigenvalue weighted by molar-refractivity contribution is -0.117. The third kappa shape index (κ3) is 2.87. The standard InChI is InChI=1S/C21H19N3OS/c1-3-11-23-19-10-5-4-9-18(19)22-21(23)15-12-20(25)24(14-15)16-7-6-8-17(13-16)26-2/h1,4-10,13,15H,11-12,14H2,2H3/t15-/m1/s1. The minimum Gasteiger partial charge on any atom is -0.316 e. The fraction of sp³-hybridized carbons (Fsp3) is 0.238. The molecule has 0 spiro atoms. The lowest BCUT2D eigenvalue weighted by Crippen LogP contribution is -2.24. The molecule has 1 amide bonds. The topological polar surface area (TPSA) is 38.1 Å². The van der Waals surface area contributed by atoms with Gasteiger partial charge in [0.15, 0.2) is 0 Å². The first-order chi connectivity index (χ1) is 12.7. The highest BCUT2D eigenvalue weighted by molar-refractivity contribution is 7.98. The molecule has 1 aliphatic heterocycles. The highest BCUT2D eigenvalue weighted by Gasteiger charge is 2.34. The Bertz CT molecular complexity index is 1020. The van der Waals surface area contributed by atoms with Crippen LogP contribution in [-0.2, 0) is 11.3 Å². The van der Waals surface area contributed by atoms with Crippen molar-refractivity contribution in [2.45, 2.75) is 23.8 Å². The minimum atomic E-state index is 0.0428. The lowest BCUT2D eigenvalue weighted by atomic mass is 10.1. The van der Waals surface area contributed by atoms with Crippen molar-refractivity contribution < 1.29 is 4.79 Å². The Labute approximate surface area is 157 Å². The van der Waals surface area contributed by atoms with Crippen LogP contribution in [0.2, 0.25) is 0 Å². The molecule has 2 heterocycles. The Morgan fingerprint density at radius 2 is 2.12 bits per heavy atom. The number of anilines is 1. The Balaban J connectivity index is 1.70. The van der Waals surface area contributed by atoms with Crippen LogP contribution in [0.4, 0.5) is 5.69 Å². The van der Waals surface area contributed by atoms with Crippen LogP contribution in [0, 0.1) is 12.3 Å². The van der Waals surface area contributed by atoms with Crippen LogP contribution in [0.1, 0.15) is 18.2 Å². The SMILES string of the molecule is C#CCn1c([C@@H]2CC(=O)N(c3cccc(SC)c3)C2)nc2ccccc21. The summed E-state index contributed by atoms with van der Waals surface area (Å²) in [6, 6.07) is 16.1. The Hall–Kier alpha value is -2.71. The summed E-state index contributed by atoms with van der Waals surface area (Å²) in [5.74, 6) is 3.80. The van der Waals surface area contributed by atoms with Gasteiger partial charge >= 0.3 is 0 Å². The molecule has 0 bridgehead atoms. The molecule has 0 radical (unpaired) electrons. The quantitative estimate of drug-likeness (QED) is 0.522. The number of terminal acetylenes is 1. The third-order valence-electron chi connectivity index (χ3n) is 4.79. The number of hydrogen-bond donors (Lipinski definition) is 0. The number of carbonyl (C=O) groups excluding carboxylic acids is 1. The number of rotatable bonds is 4. The van der Waals surface area contributed by atoms with Crippen LogP contribution in [0.3, 0.4) is 0 Å². The van der Waals surface area contributed by atoms with Crippen molar-refractivity contribution in [1.82, 2.24) is 9.55 Å². The van der Waals surface area contributed by atoms with E-state index in [1.165, 1.54) is 0 Å². The molecule has 1 aliphatic rings.